The summed E-state index contributed by atoms with van der Waals surface area (Å²) < 4.78 is 12.6. The summed E-state index contributed by atoms with van der Waals surface area (Å²) in [6.45, 7) is 1.74. The number of ether oxygens (including phenoxy) is 1. The minimum absolute atomic E-state index is 0.500. The van der Waals surface area contributed by atoms with Gasteiger partial charge in [-0.05, 0) is 42.0 Å². The molecule has 0 aliphatic carbocycles. The highest BCUT2D eigenvalue weighted by Gasteiger charge is 2.06. The summed E-state index contributed by atoms with van der Waals surface area (Å²) in [6.07, 6.45) is 4.40. The molecule has 0 radical (unpaired) electrons. The molecule has 0 fully saturated rings. The third-order valence-electron chi connectivity index (χ3n) is 4.62. The predicted molar refractivity (Wildman–Crippen MR) is 114 cm³/mol. The average molecular weight is 404 g/mol. The van der Waals surface area contributed by atoms with E-state index in [0.717, 1.165) is 35.0 Å². The second-order valence-corrected chi connectivity index (χ2v) is 6.67. The molecule has 8 heteroatoms. The zero-order chi connectivity index (χ0) is 20.6. The van der Waals surface area contributed by atoms with Gasteiger partial charge in [-0.3, -0.25) is 4.40 Å². The van der Waals surface area contributed by atoms with Crippen LogP contribution in [0.2, 0.25) is 0 Å². The highest BCUT2D eigenvalue weighted by molar-refractivity contribution is 5.79. The molecule has 4 rings (SSSR count). The van der Waals surface area contributed by atoms with Gasteiger partial charge in [-0.25, -0.2) is 4.99 Å². The number of fused-ring (bicyclic) bond motifs is 1. The molecule has 30 heavy (non-hydrogen) atoms. The Kier molecular flexibility index (Phi) is 6.24. The second kappa shape index (κ2) is 9.60. The van der Waals surface area contributed by atoms with Gasteiger partial charge in [0.2, 0.25) is 0 Å². The molecule has 0 saturated heterocycles. The third kappa shape index (κ3) is 4.96. The molecule has 0 saturated carbocycles. The van der Waals surface area contributed by atoms with Crippen molar-refractivity contribution in [1.29, 1.82) is 0 Å². The molecular formula is C22H24N6O2. The van der Waals surface area contributed by atoms with Crippen molar-refractivity contribution in [2.45, 2.75) is 19.5 Å². The summed E-state index contributed by atoms with van der Waals surface area (Å²) in [6, 6.07) is 17.6. The van der Waals surface area contributed by atoms with Crippen molar-refractivity contribution in [2.24, 2.45) is 4.99 Å². The maximum atomic E-state index is 5.40. The van der Waals surface area contributed by atoms with Crippen LogP contribution in [0.25, 0.3) is 5.65 Å². The van der Waals surface area contributed by atoms with Crippen molar-refractivity contribution in [2.75, 3.05) is 13.7 Å². The van der Waals surface area contributed by atoms with E-state index in [0.29, 0.717) is 25.6 Å². The Labute approximate surface area is 174 Å². The number of benzene rings is 1. The second-order valence-electron chi connectivity index (χ2n) is 6.67. The maximum absolute atomic E-state index is 5.40. The molecule has 0 bridgehead atoms. The van der Waals surface area contributed by atoms with E-state index < -0.39 is 0 Å². The monoisotopic (exact) mass is 404 g/mol. The Morgan fingerprint density at radius 2 is 1.97 bits per heavy atom. The summed E-state index contributed by atoms with van der Waals surface area (Å²) in [5, 5.41) is 15.2. The number of rotatable bonds is 8. The zero-order valence-electron chi connectivity index (χ0n) is 16.8. The first kappa shape index (κ1) is 19.5. The lowest BCUT2D eigenvalue weighted by Crippen LogP contribution is -2.38. The molecule has 0 amide bonds. The van der Waals surface area contributed by atoms with E-state index in [4.69, 9.17) is 14.1 Å². The van der Waals surface area contributed by atoms with Crippen LogP contribution < -0.4 is 15.4 Å². The van der Waals surface area contributed by atoms with Gasteiger partial charge in [-0.15, -0.1) is 10.2 Å². The van der Waals surface area contributed by atoms with Gasteiger partial charge < -0.3 is 19.8 Å². The average Bonchev–Trinajstić information content (AvgIpc) is 3.45. The standard InChI is InChI=1S/C22H24N6O2/c1-29-18-9-7-17(8-10-18)15-24-22(23-12-11-19-5-4-14-30-19)25-16-21-27-26-20-6-2-3-13-28(20)21/h2-10,13-14H,11-12,15-16H2,1H3,(H2,23,24,25). The van der Waals surface area contributed by atoms with Gasteiger partial charge in [0.05, 0.1) is 26.5 Å². The fourth-order valence-electron chi connectivity index (χ4n) is 3.01. The molecule has 0 spiro atoms. The van der Waals surface area contributed by atoms with Crippen LogP contribution in [-0.2, 0) is 19.5 Å². The largest absolute Gasteiger partial charge is 0.497 e. The van der Waals surface area contributed by atoms with E-state index in [1.165, 1.54) is 0 Å². The highest BCUT2D eigenvalue weighted by atomic mass is 16.5. The summed E-state index contributed by atoms with van der Waals surface area (Å²) >= 11 is 0. The van der Waals surface area contributed by atoms with Crippen LogP contribution in [0.1, 0.15) is 17.1 Å². The molecule has 1 aromatic carbocycles. The lowest BCUT2D eigenvalue weighted by Gasteiger charge is -2.12. The third-order valence-corrected chi connectivity index (χ3v) is 4.62. The quantitative estimate of drug-likeness (QED) is 0.347. The number of methoxy groups -OCH3 is 1. The molecule has 0 aliphatic rings. The van der Waals surface area contributed by atoms with Gasteiger partial charge in [-0.2, -0.15) is 0 Å². The minimum Gasteiger partial charge on any atom is -0.497 e. The van der Waals surface area contributed by atoms with Crippen LogP contribution in [0.4, 0.5) is 0 Å². The molecule has 3 aromatic heterocycles. The Morgan fingerprint density at radius 3 is 2.77 bits per heavy atom. The predicted octanol–water partition coefficient (Wildman–Crippen LogP) is 2.81. The van der Waals surface area contributed by atoms with Gasteiger partial charge in [-0.1, -0.05) is 18.2 Å². The van der Waals surface area contributed by atoms with Crippen molar-refractivity contribution < 1.29 is 9.15 Å². The maximum Gasteiger partial charge on any atom is 0.191 e. The van der Waals surface area contributed by atoms with Crippen molar-refractivity contribution in [3.8, 4) is 5.75 Å². The molecule has 0 aliphatic heterocycles. The Balaban J connectivity index is 1.42. The van der Waals surface area contributed by atoms with Crippen LogP contribution in [-0.4, -0.2) is 34.2 Å². The first-order chi connectivity index (χ1) is 14.8. The number of aliphatic imine (C=N–C) groups is 1. The van der Waals surface area contributed by atoms with E-state index in [1.807, 2.05) is 65.2 Å². The van der Waals surface area contributed by atoms with E-state index in [9.17, 15) is 0 Å². The number of nitrogens with zero attached hydrogens (tertiary/aromatic N) is 4. The molecule has 3 heterocycles. The number of hydrogen-bond donors (Lipinski definition) is 2. The van der Waals surface area contributed by atoms with Gasteiger partial charge in [0.1, 0.15) is 11.5 Å². The minimum atomic E-state index is 0.500. The highest BCUT2D eigenvalue weighted by Crippen LogP contribution is 2.12. The molecule has 0 atom stereocenters. The number of guanidine groups is 1. The molecule has 4 aromatic rings. The topological polar surface area (TPSA) is 89.0 Å². The van der Waals surface area contributed by atoms with Crippen molar-refractivity contribution >= 4 is 11.6 Å². The first-order valence-electron chi connectivity index (χ1n) is 9.78. The summed E-state index contributed by atoms with van der Waals surface area (Å²) in [5.74, 6) is 3.28. The van der Waals surface area contributed by atoms with E-state index in [-0.39, 0.29) is 0 Å². The Morgan fingerprint density at radius 1 is 1.07 bits per heavy atom. The van der Waals surface area contributed by atoms with Gasteiger partial charge in [0.15, 0.2) is 17.4 Å². The van der Waals surface area contributed by atoms with Gasteiger partial charge in [0, 0.05) is 19.2 Å². The molecule has 2 N–H and O–H groups in total. The van der Waals surface area contributed by atoms with E-state index >= 15 is 0 Å². The summed E-state index contributed by atoms with van der Waals surface area (Å²) in [4.78, 5) is 4.71. The number of furan rings is 1. The summed E-state index contributed by atoms with van der Waals surface area (Å²) in [7, 11) is 1.66. The number of hydrogen-bond acceptors (Lipinski definition) is 5. The smallest absolute Gasteiger partial charge is 0.191 e. The molecule has 0 unspecified atom stereocenters. The lowest BCUT2D eigenvalue weighted by atomic mass is 10.2. The SMILES string of the molecule is COc1ccc(CN=C(NCCc2ccco2)NCc2nnc3ccccn23)cc1. The number of nitrogens with one attached hydrogen (secondary N) is 2. The molecular weight excluding hydrogens is 380 g/mol. The van der Waals surface area contributed by atoms with Gasteiger partial charge in [0.25, 0.3) is 0 Å². The van der Waals surface area contributed by atoms with E-state index in [1.54, 1.807) is 13.4 Å². The van der Waals surface area contributed by atoms with Crippen LogP contribution in [0.3, 0.4) is 0 Å². The van der Waals surface area contributed by atoms with Crippen LogP contribution in [0.5, 0.6) is 5.75 Å². The normalized spacial score (nSPS) is 11.6. The van der Waals surface area contributed by atoms with Crippen LogP contribution in [0.15, 0.2) is 76.5 Å². The Hall–Kier alpha value is -3.81. The van der Waals surface area contributed by atoms with Crippen molar-refractivity contribution in [3.05, 3.63) is 84.2 Å². The Bertz CT molecular complexity index is 1090. The van der Waals surface area contributed by atoms with E-state index in [2.05, 4.69) is 20.8 Å². The van der Waals surface area contributed by atoms with Crippen molar-refractivity contribution in [1.82, 2.24) is 25.2 Å². The van der Waals surface area contributed by atoms with Crippen LogP contribution in [0, 0.1) is 0 Å². The van der Waals surface area contributed by atoms with Gasteiger partial charge >= 0.3 is 0 Å². The lowest BCUT2D eigenvalue weighted by molar-refractivity contribution is 0.414. The number of aromatic nitrogens is 3. The zero-order valence-corrected chi connectivity index (χ0v) is 16.8. The first-order valence-corrected chi connectivity index (χ1v) is 9.78. The molecule has 154 valence electrons. The fourth-order valence-corrected chi connectivity index (χ4v) is 3.01. The van der Waals surface area contributed by atoms with Crippen LogP contribution >= 0.6 is 0 Å². The fraction of sp³-hybridized carbons (Fsp3) is 0.227. The summed E-state index contributed by atoms with van der Waals surface area (Å²) in [5.41, 5.74) is 1.91. The van der Waals surface area contributed by atoms with Crippen molar-refractivity contribution in [3.63, 3.8) is 0 Å². The number of pyridine rings is 1. The molecule has 8 nitrogen and oxygen atoms in total.